The number of hydrogen-bond donors (Lipinski definition) is 1. The van der Waals surface area contributed by atoms with Crippen LogP contribution in [0, 0.1) is 5.82 Å². The Kier molecular flexibility index (Phi) is 6.14. The van der Waals surface area contributed by atoms with Gasteiger partial charge in [0.2, 0.25) is 0 Å². The average molecular weight is 377 g/mol. The summed E-state index contributed by atoms with van der Waals surface area (Å²) in [6.07, 6.45) is 3.60. The zero-order chi connectivity index (χ0) is 16.9. The summed E-state index contributed by atoms with van der Waals surface area (Å²) in [5, 5.41) is 11.0. The highest BCUT2D eigenvalue weighted by atomic mass is 79.9. The fraction of sp³-hybridized carbons (Fsp3) is 0.300. The number of benzene rings is 2. The van der Waals surface area contributed by atoms with Crippen molar-refractivity contribution in [2.24, 2.45) is 0 Å². The van der Waals surface area contributed by atoms with E-state index in [2.05, 4.69) is 41.6 Å². The fourth-order valence-corrected chi connectivity index (χ4v) is 3.04. The third-order valence-electron chi connectivity index (χ3n) is 4.29. The van der Waals surface area contributed by atoms with Crippen LogP contribution in [-0.4, -0.2) is 5.11 Å². The van der Waals surface area contributed by atoms with Gasteiger partial charge in [-0.3, -0.25) is 0 Å². The van der Waals surface area contributed by atoms with Gasteiger partial charge in [-0.2, -0.15) is 0 Å². The molecule has 2 atom stereocenters. The monoisotopic (exact) mass is 376 g/mol. The highest BCUT2D eigenvalue weighted by Gasteiger charge is 2.28. The molecule has 0 aromatic heterocycles. The van der Waals surface area contributed by atoms with E-state index in [0.29, 0.717) is 18.8 Å². The molecule has 1 nitrogen and oxygen atoms in total. The van der Waals surface area contributed by atoms with Crippen LogP contribution < -0.4 is 0 Å². The summed E-state index contributed by atoms with van der Waals surface area (Å²) in [6, 6.07) is 14.3. The van der Waals surface area contributed by atoms with Gasteiger partial charge in [-0.25, -0.2) is 4.39 Å². The topological polar surface area (TPSA) is 20.2 Å². The standard InChI is InChI=1S/C20H22BrFO/c1-3-13-20(23,17-6-10-19(22)11-7-17)14-12-15(2)16-4-8-18(21)9-5-16/h3-11,15,23H,1,12-14H2,2H3/t15-,20?/m1/s1. The van der Waals surface area contributed by atoms with Crippen LogP contribution in [0.15, 0.2) is 65.7 Å². The van der Waals surface area contributed by atoms with Gasteiger partial charge in [0, 0.05) is 4.47 Å². The molecule has 0 aliphatic heterocycles. The third kappa shape index (κ3) is 4.76. The van der Waals surface area contributed by atoms with Crippen LogP contribution >= 0.6 is 15.9 Å². The second kappa shape index (κ2) is 7.89. The minimum absolute atomic E-state index is 0.294. The second-order valence-electron chi connectivity index (χ2n) is 6.02. The summed E-state index contributed by atoms with van der Waals surface area (Å²) < 4.78 is 14.2. The van der Waals surface area contributed by atoms with Gasteiger partial charge in [0.1, 0.15) is 5.82 Å². The first-order chi connectivity index (χ1) is 10.9. The first kappa shape index (κ1) is 17.9. The molecule has 0 aliphatic rings. The van der Waals surface area contributed by atoms with Gasteiger partial charge in [0.25, 0.3) is 0 Å². The number of rotatable bonds is 7. The van der Waals surface area contributed by atoms with E-state index >= 15 is 0 Å². The maximum atomic E-state index is 13.1. The van der Waals surface area contributed by atoms with Crippen molar-refractivity contribution in [1.82, 2.24) is 0 Å². The lowest BCUT2D eigenvalue weighted by Crippen LogP contribution is -2.25. The summed E-state index contributed by atoms with van der Waals surface area (Å²) in [5.41, 5.74) is 0.981. The first-order valence-corrected chi connectivity index (χ1v) is 8.59. The Hall–Kier alpha value is -1.45. The van der Waals surface area contributed by atoms with Crippen molar-refractivity contribution in [3.63, 3.8) is 0 Å². The van der Waals surface area contributed by atoms with Crippen molar-refractivity contribution >= 4 is 15.9 Å². The van der Waals surface area contributed by atoms with Crippen LogP contribution in [0.2, 0.25) is 0 Å². The van der Waals surface area contributed by atoms with Gasteiger partial charge in [0.05, 0.1) is 5.60 Å². The quantitative estimate of drug-likeness (QED) is 0.593. The molecule has 23 heavy (non-hydrogen) atoms. The number of aliphatic hydroxyl groups is 1. The van der Waals surface area contributed by atoms with Crippen molar-refractivity contribution in [2.75, 3.05) is 0 Å². The lowest BCUT2D eigenvalue weighted by atomic mass is 9.82. The van der Waals surface area contributed by atoms with Gasteiger partial charge >= 0.3 is 0 Å². The van der Waals surface area contributed by atoms with Crippen molar-refractivity contribution in [3.05, 3.63) is 82.6 Å². The van der Waals surface area contributed by atoms with Crippen LogP contribution in [0.1, 0.15) is 43.2 Å². The van der Waals surface area contributed by atoms with Gasteiger partial charge in [-0.15, -0.1) is 6.58 Å². The Balaban J connectivity index is 2.11. The minimum Gasteiger partial charge on any atom is -0.385 e. The van der Waals surface area contributed by atoms with Crippen molar-refractivity contribution < 1.29 is 9.50 Å². The van der Waals surface area contributed by atoms with E-state index in [9.17, 15) is 9.50 Å². The molecule has 0 heterocycles. The Morgan fingerprint density at radius 3 is 2.35 bits per heavy atom. The molecule has 2 rings (SSSR count). The molecule has 1 unspecified atom stereocenters. The Bertz CT molecular complexity index is 636. The molecule has 3 heteroatoms. The van der Waals surface area contributed by atoms with E-state index in [1.54, 1.807) is 18.2 Å². The molecule has 0 saturated heterocycles. The predicted octanol–water partition coefficient (Wildman–Crippen LogP) is 5.94. The Morgan fingerprint density at radius 1 is 1.17 bits per heavy atom. The van der Waals surface area contributed by atoms with E-state index < -0.39 is 5.60 Å². The number of halogens is 2. The zero-order valence-electron chi connectivity index (χ0n) is 13.3. The van der Waals surface area contributed by atoms with Gasteiger partial charge in [-0.05, 0) is 60.6 Å². The Labute approximate surface area is 146 Å². The smallest absolute Gasteiger partial charge is 0.123 e. The zero-order valence-corrected chi connectivity index (χ0v) is 14.9. The molecule has 1 N–H and O–H groups in total. The molecule has 0 bridgehead atoms. The van der Waals surface area contributed by atoms with E-state index in [-0.39, 0.29) is 5.82 Å². The third-order valence-corrected chi connectivity index (χ3v) is 4.82. The van der Waals surface area contributed by atoms with Crippen LogP contribution in [0.3, 0.4) is 0 Å². The number of hydrogen-bond acceptors (Lipinski definition) is 1. The molecular formula is C20H22BrFO. The van der Waals surface area contributed by atoms with Gasteiger partial charge in [-0.1, -0.05) is 53.2 Å². The largest absolute Gasteiger partial charge is 0.385 e. The summed E-state index contributed by atoms with van der Waals surface area (Å²) in [6.45, 7) is 5.90. The lowest BCUT2D eigenvalue weighted by molar-refractivity contribution is 0.0268. The SMILES string of the molecule is C=CCC(O)(CC[C@@H](C)c1ccc(Br)cc1)c1ccc(F)cc1. The molecule has 0 radical (unpaired) electrons. The average Bonchev–Trinajstić information content (AvgIpc) is 2.54. The van der Waals surface area contributed by atoms with E-state index in [0.717, 1.165) is 16.5 Å². The van der Waals surface area contributed by atoms with Crippen LogP contribution in [0.25, 0.3) is 0 Å². The maximum Gasteiger partial charge on any atom is 0.123 e. The minimum atomic E-state index is -1.00. The van der Waals surface area contributed by atoms with Crippen molar-refractivity contribution in [2.45, 2.75) is 37.7 Å². The van der Waals surface area contributed by atoms with E-state index in [4.69, 9.17) is 0 Å². The van der Waals surface area contributed by atoms with Crippen LogP contribution in [-0.2, 0) is 5.60 Å². The maximum absolute atomic E-state index is 13.1. The molecule has 122 valence electrons. The highest BCUT2D eigenvalue weighted by molar-refractivity contribution is 9.10. The molecule has 0 amide bonds. The summed E-state index contributed by atoms with van der Waals surface area (Å²) >= 11 is 3.44. The molecule has 0 fully saturated rings. The van der Waals surface area contributed by atoms with Crippen molar-refractivity contribution in [3.8, 4) is 0 Å². The van der Waals surface area contributed by atoms with Gasteiger partial charge in [0.15, 0.2) is 0 Å². The predicted molar refractivity (Wildman–Crippen MR) is 96.9 cm³/mol. The summed E-state index contributed by atoms with van der Waals surface area (Å²) in [7, 11) is 0. The molecular weight excluding hydrogens is 355 g/mol. The summed E-state index contributed by atoms with van der Waals surface area (Å²) in [5.74, 6) is 0.0397. The van der Waals surface area contributed by atoms with Crippen LogP contribution in [0.5, 0.6) is 0 Å². The van der Waals surface area contributed by atoms with Gasteiger partial charge < -0.3 is 5.11 Å². The first-order valence-electron chi connectivity index (χ1n) is 7.79. The lowest BCUT2D eigenvalue weighted by Gasteiger charge is -2.29. The highest BCUT2D eigenvalue weighted by Crippen LogP contribution is 2.34. The summed E-state index contributed by atoms with van der Waals surface area (Å²) in [4.78, 5) is 0. The molecule has 0 saturated carbocycles. The van der Waals surface area contributed by atoms with Crippen LogP contribution in [0.4, 0.5) is 4.39 Å². The second-order valence-corrected chi connectivity index (χ2v) is 6.94. The van der Waals surface area contributed by atoms with Crippen molar-refractivity contribution in [1.29, 1.82) is 0 Å². The molecule has 2 aromatic carbocycles. The Morgan fingerprint density at radius 2 is 1.78 bits per heavy atom. The molecule has 2 aromatic rings. The fourth-order valence-electron chi connectivity index (χ4n) is 2.78. The molecule has 0 aliphatic carbocycles. The van der Waals surface area contributed by atoms with E-state index in [1.807, 2.05) is 12.1 Å². The normalized spacial score (nSPS) is 15.0. The van der Waals surface area contributed by atoms with E-state index in [1.165, 1.54) is 17.7 Å². The molecule has 0 spiro atoms.